The predicted octanol–water partition coefficient (Wildman–Crippen LogP) is -0.780. The topological polar surface area (TPSA) is 99.6 Å². The Kier molecular flexibility index (Phi) is 2.36. The summed E-state index contributed by atoms with van der Waals surface area (Å²) < 4.78 is 0. The minimum Gasteiger partial charge on any atom is -0.368 e. The molecular weight excluding hydrogens is 196 g/mol. The summed E-state index contributed by atoms with van der Waals surface area (Å²) in [6.45, 7) is -0.0761. The summed E-state index contributed by atoms with van der Waals surface area (Å²) in [5, 5.41) is 11.4. The van der Waals surface area contributed by atoms with Crippen molar-refractivity contribution >= 4 is 5.91 Å². The summed E-state index contributed by atoms with van der Waals surface area (Å²) >= 11 is 0. The largest absolute Gasteiger partial charge is 0.368 e. The molecule has 0 spiro atoms. The molecule has 0 saturated heterocycles. The summed E-state index contributed by atoms with van der Waals surface area (Å²) in [7, 11) is 0. The highest BCUT2D eigenvalue weighted by Crippen LogP contribution is 2.09. The van der Waals surface area contributed by atoms with Crippen LogP contribution in [0.3, 0.4) is 0 Å². The molecule has 1 amide bonds. The van der Waals surface area contributed by atoms with Crippen LogP contribution in [0.2, 0.25) is 0 Å². The standard InChI is InChI=1S/C8H8N6O/c9-7(15)5-14-12-8(11-13-14)6-2-1-3-10-4-6/h1-4H,5H2,(H2,9,15). The Hall–Kier alpha value is -2.31. The molecule has 0 aliphatic rings. The summed E-state index contributed by atoms with van der Waals surface area (Å²) in [6, 6.07) is 3.57. The van der Waals surface area contributed by atoms with Gasteiger partial charge in [0, 0.05) is 18.0 Å². The molecule has 0 saturated carbocycles. The van der Waals surface area contributed by atoms with Crippen molar-refractivity contribution < 1.29 is 4.79 Å². The fraction of sp³-hybridized carbons (Fsp3) is 0.125. The molecule has 2 aromatic rings. The van der Waals surface area contributed by atoms with Crippen LogP contribution in [0.5, 0.6) is 0 Å². The van der Waals surface area contributed by atoms with Crippen LogP contribution >= 0.6 is 0 Å². The third-order valence-electron chi connectivity index (χ3n) is 1.67. The Morgan fingerprint density at radius 2 is 2.40 bits per heavy atom. The van der Waals surface area contributed by atoms with Gasteiger partial charge in [-0.05, 0) is 17.3 Å². The van der Waals surface area contributed by atoms with Crippen molar-refractivity contribution in [2.24, 2.45) is 5.73 Å². The first-order valence-corrected chi connectivity index (χ1v) is 4.22. The first-order valence-electron chi connectivity index (χ1n) is 4.22. The molecule has 2 heterocycles. The van der Waals surface area contributed by atoms with Crippen LogP contribution in [0.15, 0.2) is 24.5 Å². The van der Waals surface area contributed by atoms with E-state index in [1.165, 1.54) is 0 Å². The number of carbonyl (C=O) groups excluding carboxylic acids is 1. The summed E-state index contributed by atoms with van der Waals surface area (Å²) in [5.41, 5.74) is 5.74. The van der Waals surface area contributed by atoms with Crippen LogP contribution < -0.4 is 5.73 Å². The molecule has 0 radical (unpaired) electrons. The number of aromatic nitrogens is 5. The van der Waals surface area contributed by atoms with Gasteiger partial charge >= 0.3 is 0 Å². The molecule has 0 unspecified atom stereocenters. The smallest absolute Gasteiger partial charge is 0.241 e. The van der Waals surface area contributed by atoms with Crippen molar-refractivity contribution in [1.82, 2.24) is 25.2 Å². The normalized spacial score (nSPS) is 10.1. The van der Waals surface area contributed by atoms with E-state index in [-0.39, 0.29) is 6.54 Å². The Morgan fingerprint density at radius 3 is 3.07 bits per heavy atom. The van der Waals surface area contributed by atoms with E-state index in [0.717, 1.165) is 10.4 Å². The van der Waals surface area contributed by atoms with E-state index in [2.05, 4.69) is 20.4 Å². The number of primary amides is 1. The zero-order chi connectivity index (χ0) is 10.7. The fourth-order valence-corrected chi connectivity index (χ4v) is 1.06. The molecule has 7 heteroatoms. The fourth-order valence-electron chi connectivity index (χ4n) is 1.06. The molecule has 0 bridgehead atoms. The SMILES string of the molecule is NC(=O)Cn1nnc(-c2cccnc2)n1. The van der Waals surface area contributed by atoms with Gasteiger partial charge in [0.1, 0.15) is 6.54 Å². The highest BCUT2D eigenvalue weighted by molar-refractivity contribution is 5.73. The Labute approximate surface area is 84.9 Å². The van der Waals surface area contributed by atoms with E-state index in [1.54, 1.807) is 24.5 Å². The van der Waals surface area contributed by atoms with Gasteiger partial charge in [0.2, 0.25) is 11.7 Å². The zero-order valence-electron chi connectivity index (χ0n) is 7.74. The highest BCUT2D eigenvalue weighted by Gasteiger charge is 2.06. The van der Waals surface area contributed by atoms with Gasteiger partial charge in [0.05, 0.1) is 0 Å². The lowest BCUT2D eigenvalue weighted by molar-refractivity contribution is -0.118. The van der Waals surface area contributed by atoms with Crippen molar-refractivity contribution in [3.05, 3.63) is 24.5 Å². The third-order valence-corrected chi connectivity index (χ3v) is 1.67. The number of hydrogen-bond donors (Lipinski definition) is 1. The van der Waals surface area contributed by atoms with Gasteiger partial charge < -0.3 is 5.73 Å². The van der Waals surface area contributed by atoms with Crippen LogP contribution in [-0.4, -0.2) is 31.1 Å². The molecule has 2 aromatic heterocycles. The predicted molar refractivity (Wildman–Crippen MR) is 50.2 cm³/mol. The molecule has 0 aliphatic carbocycles. The molecule has 15 heavy (non-hydrogen) atoms. The van der Waals surface area contributed by atoms with Crippen LogP contribution in [-0.2, 0) is 11.3 Å². The van der Waals surface area contributed by atoms with E-state index < -0.39 is 5.91 Å². The molecule has 0 aromatic carbocycles. The van der Waals surface area contributed by atoms with Crippen molar-refractivity contribution in [2.75, 3.05) is 0 Å². The second-order valence-electron chi connectivity index (χ2n) is 2.85. The molecule has 0 atom stereocenters. The van der Waals surface area contributed by atoms with Crippen molar-refractivity contribution in [1.29, 1.82) is 0 Å². The maximum Gasteiger partial charge on any atom is 0.241 e. The Morgan fingerprint density at radius 1 is 1.53 bits per heavy atom. The highest BCUT2D eigenvalue weighted by atomic mass is 16.1. The van der Waals surface area contributed by atoms with Crippen LogP contribution in [0.25, 0.3) is 11.4 Å². The minimum atomic E-state index is -0.509. The first kappa shape index (κ1) is 9.25. The van der Waals surface area contributed by atoms with Gasteiger partial charge in [-0.25, -0.2) is 0 Å². The van der Waals surface area contributed by atoms with Crippen LogP contribution in [0, 0.1) is 0 Å². The van der Waals surface area contributed by atoms with Crippen LogP contribution in [0.1, 0.15) is 0 Å². The van der Waals surface area contributed by atoms with Crippen molar-refractivity contribution in [3.8, 4) is 11.4 Å². The summed E-state index contributed by atoms with van der Waals surface area (Å²) in [5.74, 6) is -0.0884. The number of rotatable bonds is 3. The van der Waals surface area contributed by atoms with Gasteiger partial charge in [-0.2, -0.15) is 4.80 Å². The molecule has 76 valence electrons. The average Bonchev–Trinajstić information content (AvgIpc) is 2.67. The molecule has 2 rings (SSSR count). The van der Waals surface area contributed by atoms with E-state index in [4.69, 9.17) is 5.73 Å². The van der Waals surface area contributed by atoms with Gasteiger partial charge in [0.15, 0.2) is 0 Å². The van der Waals surface area contributed by atoms with Gasteiger partial charge in [0.25, 0.3) is 0 Å². The Bertz CT molecular complexity index is 465. The molecular formula is C8H8N6O. The third kappa shape index (κ3) is 2.13. The summed E-state index contributed by atoms with van der Waals surface area (Å²) in [6.07, 6.45) is 3.27. The maximum absolute atomic E-state index is 10.6. The lowest BCUT2D eigenvalue weighted by Gasteiger charge is -1.92. The number of nitrogens with two attached hydrogens (primary N) is 1. The number of pyridine rings is 1. The second-order valence-corrected chi connectivity index (χ2v) is 2.85. The second kappa shape index (κ2) is 3.82. The Balaban J connectivity index is 2.24. The first-order chi connectivity index (χ1) is 7.25. The lowest BCUT2D eigenvalue weighted by Crippen LogP contribution is -2.20. The monoisotopic (exact) mass is 204 g/mol. The maximum atomic E-state index is 10.6. The number of tetrazole rings is 1. The molecule has 0 aliphatic heterocycles. The number of carbonyl (C=O) groups is 1. The zero-order valence-corrected chi connectivity index (χ0v) is 7.74. The van der Waals surface area contributed by atoms with Crippen molar-refractivity contribution in [2.45, 2.75) is 6.54 Å². The van der Waals surface area contributed by atoms with Crippen molar-refractivity contribution in [3.63, 3.8) is 0 Å². The van der Waals surface area contributed by atoms with Crippen LogP contribution in [0.4, 0.5) is 0 Å². The average molecular weight is 204 g/mol. The number of nitrogens with zero attached hydrogens (tertiary/aromatic N) is 5. The van der Waals surface area contributed by atoms with Gasteiger partial charge in [-0.15, -0.1) is 10.2 Å². The summed E-state index contributed by atoms with van der Waals surface area (Å²) in [4.78, 5) is 15.7. The van der Waals surface area contributed by atoms with E-state index in [0.29, 0.717) is 5.82 Å². The molecule has 7 nitrogen and oxygen atoms in total. The quantitative estimate of drug-likeness (QED) is 0.706. The van der Waals surface area contributed by atoms with Gasteiger partial charge in [-0.3, -0.25) is 9.78 Å². The van der Waals surface area contributed by atoms with Gasteiger partial charge in [-0.1, -0.05) is 0 Å². The minimum absolute atomic E-state index is 0.0761. The molecule has 2 N–H and O–H groups in total. The lowest BCUT2D eigenvalue weighted by atomic mass is 10.3. The molecule has 0 fully saturated rings. The van der Waals surface area contributed by atoms with E-state index >= 15 is 0 Å². The van der Waals surface area contributed by atoms with E-state index in [1.807, 2.05) is 0 Å². The number of hydrogen-bond acceptors (Lipinski definition) is 5. The van der Waals surface area contributed by atoms with E-state index in [9.17, 15) is 4.79 Å². The number of amides is 1.